The van der Waals surface area contributed by atoms with E-state index in [-0.39, 0.29) is 16.9 Å². The van der Waals surface area contributed by atoms with Gasteiger partial charge in [-0.1, -0.05) is 25.2 Å². The van der Waals surface area contributed by atoms with Crippen LogP contribution in [0.5, 0.6) is 0 Å². The van der Waals surface area contributed by atoms with Gasteiger partial charge in [0.1, 0.15) is 0 Å². The van der Waals surface area contributed by atoms with Crippen LogP contribution in [0.15, 0.2) is 53.6 Å². The van der Waals surface area contributed by atoms with Crippen LogP contribution >= 0.6 is 12.2 Å². The first-order chi connectivity index (χ1) is 13.0. The van der Waals surface area contributed by atoms with Crippen LogP contribution in [0.3, 0.4) is 0 Å². The molecule has 5 nitrogen and oxygen atoms in total. The number of amides is 2. The number of aliphatic imine (C=N–C) groups is 1. The Hall–Kier alpha value is -2.60. The third-order valence-electron chi connectivity index (χ3n) is 5.22. The van der Waals surface area contributed by atoms with Crippen molar-refractivity contribution in [1.82, 2.24) is 4.90 Å². The molecule has 2 unspecified atom stereocenters. The standard InChI is InChI=1S/C21H21N3O2S/c1-14-5-4-12-23(13-14)19(25)15-8-10-16(11-9-15)24-20(26)17-6-2-3-7-18(17)22-21(24)27/h2-3,6-11,14,17H,4-5,12-13H2,1H3. The predicted molar refractivity (Wildman–Crippen MR) is 110 cm³/mol. The fourth-order valence-electron chi connectivity index (χ4n) is 3.79. The Balaban J connectivity index is 1.55. The van der Waals surface area contributed by atoms with Crippen LogP contribution < -0.4 is 4.90 Å². The number of piperidine rings is 1. The van der Waals surface area contributed by atoms with E-state index < -0.39 is 5.92 Å². The van der Waals surface area contributed by atoms with Crippen molar-refractivity contribution in [3.05, 3.63) is 54.1 Å². The highest BCUT2D eigenvalue weighted by Crippen LogP contribution is 2.26. The van der Waals surface area contributed by atoms with Gasteiger partial charge in [-0.3, -0.25) is 14.5 Å². The summed E-state index contributed by atoms with van der Waals surface area (Å²) in [5, 5.41) is 0.232. The lowest BCUT2D eigenvalue weighted by Crippen LogP contribution is -2.46. The zero-order chi connectivity index (χ0) is 19.0. The Morgan fingerprint density at radius 2 is 2.00 bits per heavy atom. The largest absolute Gasteiger partial charge is 0.338 e. The van der Waals surface area contributed by atoms with Gasteiger partial charge in [-0.15, -0.1) is 0 Å². The highest BCUT2D eigenvalue weighted by atomic mass is 32.1. The number of fused-ring (bicyclic) bond motifs is 1. The molecule has 1 fully saturated rings. The summed E-state index contributed by atoms with van der Waals surface area (Å²) in [5.74, 6) is 0.0589. The Morgan fingerprint density at radius 1 is 1.22 bits per heavy atom. The Morgan fingerprint density at radius 3 is 2.74 bits per heavy atom. The van der Waals surface area contributed by atoms with Gasteiger partial charge in [0.25, 0.3) is 5.91 Å². The molecule has 4 rings (SSSR count). The smallest absolute Gasteiger partial charge is 0.253 e. The minimum Gasteiger partial charge on any atom is -0.338 e. The van der Waals surface area contributed by atoms with E-state index in [9.17, 15) is 9.59 Å². The molecular weight excluding hydrogens is 358 g/mol. The summed E-state index contributed by atoms with van der Waals surface area (Å²) in [6.07, 6.45) is 9.55. The predicted octanol–water partition coefficient (Wildman–Crippen LogP) is 3.37. The van der Waals surface area contributed by atoms with Crippen molar-refractivity contribution in [2.24, 2.45) is 16.8 Å². The second-order valence-electron chi connectivity index (χ2n) is 7.26. The van der Waals surface area contributed by atoms with E-state index in [1.165, 1.54) is 11.3 Å². The van der Waals surface area contributed by atoms with Crippen LogP contribution in [0.2, 0.25) is 0 Å². The zero-order valence-corrected chi connectivity index (χ0v) is 16.0. The Kier molecular flexibility index (Phi) is 4.74. The number of carbonyl (C=O) groups excluding carboxylic acids is 2. The lowest BCUT2D eigenvalue weighted by atomic mass is 9.95. The molecule has 0 bridgehead atoms. The molecular formula is C21H21N3O2S. The van der Waals surface area contributed by atoms with Crippen molar-refractivity contribution in [3.8, 4) is 0 Å². The van der Waals surface area contributed by atoms with Crippen molar-refractivity contribution < 1.29 is 9.59 Å². The van der Waals surface area contributed by atoms with Gasteiger partial charge in [0.05, 0.1) is 17.3 Å². The van der Waals surface area contributed by atoms with Gasteiger partial charge in [-0.05, 0) is 61.3 Å². The summed E-state index contributed by atoms with van der Waals surface area (Å²) in [6.45, 7) is 3.78. The van der Waals surface area contributed by atoms with Crippen molar-refractivity contribution in [3.63, 3.8) is 0 Å². The molecule has 3 aliphatic rings. The van der Waals surface area contributed by atoms with E-state index in [1.807, 2.05) is 29.2 Å². The van der Waals surface area contributed by atoms with Crippen molar-refractivity contribution in [2.75, 3.05) is 18.0 Å². The van der Waals surface area contributed by atoms with Crippen molar-refractivity contribution in [2.45, 2.75) is 19.8 Å². The molecule has 0 saturated carbocycles. The monoisotopic (exact) mass is 379 g/mol. The molecule has 2 atom stereocenters. The number of hydrogen-bond donors (Lipinski definition) is 0. The normalized spacial score (nSPS) is 24.7. The summed E-state index contributed by atoms with van der Waals surface area (Å²) < 4.78 is 0. The summed E-state index contributed by atoms with van der Waals surface area (Å²) in [7, 11) is 0. The van der Waals surface area contributed by atoms with Crippen LogP contribution in [-0.4, -0.2) is 40.6 Å². The lowest BCUT2D eigenvalue weighted by molar-refractivity contribution is -0.118. The summed E-state index contributed by atoms with van der Waals surface area (Å²) >= 11 is 5.34. The highest BCUT2D eigenvalue weighted by Gasteiger charge is 2.34. The average molecular weight is 379 g/mol. The topological polar surface area (TPSA) is 53.0 Å². The van der Waals surface area contributed by atoms with Crippen LogP contribution in [-0.2, 0) is 4.79 Å². The van der Waals surface area contributed by atoms with E-state index in [2.05, 4.69) is 11.9 Å². The molecule has 0 radical (unpaired) electrons. The average Bonchev–Trinajstić information content (AvgIpc) is 2.68. The number of likely N-dealkylation sites (tertiary alicyclic amines) is 1. The third-order valence-corrected chi connectivity index (χ3v) is 5.49. The molecule has 1 aromatic rings. The van der Waals surface area contributed by atoms with Gasteiger partial charge in [0, 0.05) is 18.7 Å². The number of carbonyl (C=O) groups is 2. The molecule has 1 aromatic carbocycles. The fraction of sp³-hybridized carbons (Fsp3) is 0.333. The van der Waals surface area contributed by atoms with Crippen LogP contribution in [0, 0.1) is 11.8 Å². The molecule has 0 N–H and O–H groups in total. The van der Waals surface area contributed by atoms with E-state index >= 15 is 0 Å². The van der Waals surface area contributed by atoms with Crippen LogP contribution in [0.1, 0.15) is 30.1 Å². The maximum atomic E-state index is 12.9. The Labute approximate surface area is 164 Å². The summed E-state index contributed by atoms with van der Waals surface area (Å²) in [5.41, 5.74) is 1.95. The summed E-state index contributed by atoms with van der Waals surface area (Å²) in [4.78, 5) is 33.4. The maximum Gasteiger partial charge on any atom is 0.253 e. The molecule has 138 valence electrons. The SMILES string of the molecule is CC1CCCN(C(=O)c2ccc(N3C(=O)C4C=CC=CC4=NC3=S)cc2)C1. The van der Waals surface area contributed by atoms with E-state index in [0.29, 0.717) is 22.9 Å². The number of anilines is 1. The number of thiocarbonyl (C=S) groups is 1. The first-order valence-corrected chi connectivity index (χ1v) is 9.66. The number of allylic oxidation sites excluding steroid dienone is 3. The molecule has 0 spiro atoms. The van der Waals surface area contributed by atoms with Gasteiger partial charge >= 0.3 is 0 Å². The van der Waals surface area contributed by atoms with Crippen molar-refractivity contribution in [1.29, 1.82) is 0 Å². The second kappa shape index (κ2) is 7.19. The second-order valence-corrected chi connectivity index (χ2v) is 7.63. The quantitative estimate of drug-likeness (QED) is 0.741. The fourth-order valence-corrected chi connectivity index (χ4v) is 4.09. The minimum atomic E-state index is -0.405. The van der Waals surface area contributed by atoms with Gasteiger partial charge in [-0.2, -0.15) is 0 Å². The molecule has 1 saturated heterocycles. The molecule has 2 aliphatic heterocycles. The highest BCUT2D eigenvalue weighted by molar-refractivity contribution is 7.80. The first kappa shape index (κ1) is 17.8. The number of benzene rings is 1. The molecule has 6 heteroatoms. The first-order valence-electron chi connectivity index (χ1n) is 9.25. The number of hydrogen-bond acceptors (Lipinski definition) is 3. The zero-order valence-electron chi connectivity index (χ0n) is 15.2. The van der Waals surface area contributed by atoms with Crippen molar-refractivity contribution >= 4 is 40.5 Å². The lowest BCUT2D eigenvalue weighted by Gasteiger charge is -2.31. The maximum absolute atomic E-state index is 12.9. The summed E-state index contributed by atoms with van der Waals surface area (Å²) in [6, 6.07) is 7.08. The third kappa shape index (κ3) is 3.37. The molecule has 2 amide bonds. The molecule has 27 heavy (non-hydrogen) atoms. The van der Waals surface area contributed by atoms with Gasteiger partial charge < -0.3 is 4.90 Å². The van der Waals surface area contributed by atoms with Gasteiger partial charge in [0.2, 0.25) is 11.0 Å². The molecule has 2 heterocycles. The van der Waals surface area contributed by atoms with Crippen LogP contribution in [0.25, 0.3) is 0 Å². The van der Waals surface area contributed by atoms with Gasteiger partial charge in [-0.25, -0.2) is 4.99 Å². The number of nitrogens with zero attached hydrogens (tertiary/aromatic N) is 3. The number of rotatable bonds is 2. The molecule has 1 aliphatic carbocycles. The minimum absolute atomic E-state index is 0.0429. The molecule has 0 aromatic heterocycles. The van der Waals surface area contributed by atoms with E-state index in [4.69, 9.17) is 12.2 Å². The Bertz CT molecular complexity index is 885. The van der Waals surface area contributed by atoms with E-state index in [1.54, 1.807) is 24.3 Å². The van der Waals surface area contributed by atoms with Gasteiger partial charge in [0.15, 0.2) is 0 Å². The van der Waals surface area contributed by atoms with Crippen LogP contribution in [0.4, 0.5) is 5.69 Å². The van der Waals surface area contributed by atoms with E-state index in [0.717, 1.165) is 19.5 Å².